The van der Waals surface area contributed by atoms with Crippen LogP contribution in [-0.2, 0) is 9.59 Å². The van der Waals surface area contributed by atoms with E-state index in [1.54, 1.807) is 0 Å². The Morgan fingerprint density at radius 2 is 1.77 bits per heavy atom. The maximum absolute atomic E-state index is 10.8. The molecule has 0 aromatic heterocycles. The maximum atomic E-state index is 10.8. The minimum atomic E-state index is -1.79. The molecule has 4 atom stereocenters. The van der Waals surface area contributed by atoms with Crippen molar-refractivity contribution in [2.45, 2.75) is 24.4 Å². The number of hydrogen-bond acceptors (Lipinski definition) is 5. The average molecular weight is 191 g/mol. The molecule has 1 rings (SSSR count). The molecule has 0 radical (unpaired) electrons. The Kier molecular flexibility index (Phi) is 2.50. The lowest BCUT2D eigenvalue weighted by Gasteiger charge is -2.32. The number of hydrogen-bond donors (Lipinski definition) is 5. The summed E-state index contributed by atoms with van der Waals surface area (Å²) < 4.78 is 0. The van der Waals surface area contributed by atoms with E-state index in [4.69, 9.17) is 20.4 Å². The van der Waals surface area contributed by atoms with Gasteiger partial charge in [-0.05, 0) is 0 Å². The summed E-state index contributed by atoms with van der Waals surface area (Å²) in [6.45, 7) is 0. The molecule has 1 aliphatic rings. The molecule has 1 heterocycles. The van der Waals surface area contributed by atoms with E-state index in [1.807, 2.05) is 5.32 Å². The van der Waals surface area contributed by atoms with Crippen LogP contribution in [0.4, 0.5) is 0 Å². The van der Waals surface area contributed by atoms with E-state index in [-0.39, 0.29) is 0 Å². The highest BCUT2D eigenvalue weighted by Gasteiger charge is 2.44. The van der Waals surface area contributed by atoms with Crippen molar-refractivity contribution in [2.75, 3.05) is 0 Å². The van der Waals surface area contributed by atoms with Gasteiger partial charge in [0.25, 0.3) is 5.91 Å². The monoisotopic (exact) mass is 191 g/mol. The molecule has 0 spiro atoms. The van der Waals surface area contributed by atoms with Gasteiger partial charge >= 0.3 is 5.97 Å². The predicted molar refractivity (Wildman–Crippen MR) is 37.6 cm³/mol. The van der Waals surface area contributed by atoms with Crippen LogP contribution in [0.1, 0.15) is 0 Å². The number of rotatable bonds is 1. The number of carbonyl (C=O) groups excluding carboxylic acids is 1. The van der Waals surface area contributed by atoms with Crippen molar-refractivity contribution in [1.29, 1.82) is 0 Å². The Labute approximate surface area is 72.6 Å². The van der Waals surface area contributed by atoms with Gasteiger partial charge in [-0.2, -0.15) is 0 Å². The maximum Gasteiger partial charge on any atom is 0.329 e. The number of nitrogens with one attached hydrogen (secondary N) is 1. The standard InChI is InChI=1S/C6H9NO6/c8-2-1(6(12)13)7-5(11)4(10)3(2)9/h1-4,8-10H,(H,7,11)(H,12,13)/t1-,2+,3+,4-/m1/s1. The Morgan fingerprint density at radius 1 is 1.23 bits per heavy atom. The van der Waals surface area contributed by atoms with Crippen LogP contribution in [0.3, 0.4) is 0 Å². The van der Waals surface area contributed by atoms with Crippen LogP contribution in [0.2, 0.25) is 0 Å². The molecule has 74 valence electrons. The molecule has 0 aliphatic carbocycles. The molecular formula is C6H9NO6. The lowest BCUT2D eigenvalue weighted by Crippen LogP contribution is -2.65. The van der Waals surface area contributed by atoms with Crippen LogP contribution in [-0.4, -0.2) is 56.7 Å². The van der Waals surface area contributed by atoms with Gasteiger partial charge in [0.2, 0.25) is 0 Å². The minimum absolute atomic E-state index is 1.01. The summed E-state index contributed by atoms with van der Waals surface area (Å²) in [6.07, 6.45) is -5.26. The second kappa shape index (κ2) is 3.29. The quantitative estimate of drug-likeness (QED) is 0.295. The molecule has 1 amide bonds. The molecule has 7 nitrogen and oxygen atoms in total. The zero-order valence-corrected chi connectivity index (χ0v) is 6.41. The van der Waals surface area contributed by atoms with E-state index in [9.17, 15) is 9.59 Å². The molecule has 0 bridgehead atoms. The largest absolute Gasteiger partial charge is 0.480 e. The fourth-order valence-electron chi connectivity index (χ4n) is 1.07. The number of aliphatic carboxylic acids is 1. The topological polar surface area (TPSA) is 127 Å². The third kappa shape index (κ3) is 1.62. The highest BCUT2D eigenvalue weighted by atomic mass is 16.4. The van der Waals surface area contributed by atoms with Crippen molar-refractivity contribution >= 4 is 11.9 Å². The first-order valence-corrected chi connectivity index (χ1v) is 3.52. The predicted octanol–water partition coefficient (Wildman–Crippen LogP) is -3.35. The van der Waals surface area contributed by atoms with E-state index in [2.05, 4.69) is 0 Å². The molecular weight excluding hydrogens is 182 g/mol. The first-order valence-electron chi connectivity index (χ1n) is 3.52. The molecule has 0 aromatic rings. The van der Waals surface area contributed by atoms with Crippen molar-refractivity contribution in [1.82, 2.24) is 5.32 Å². The molecule has 13 heavy (non-hydrogen) atoms. The highest BCUT2D eigenvalue weighted by molar-refractivity contribution is 5.88. The van der Waals surface area contributed by atoms with Gasteiger partial charge in [0.05, 0.1) is 0 Å². The molecule has 0 aromatic carbocycles. The zero-order valence-electron chi connectivity index (χ0n) is 6.41. The van der Waals surface area contributed by atoms with Crippen molar-refractivity contribution in [3.05, 3.63) is 0 Å². The number of aliphatic hydroxyl groups excluding tert-OH is 3. The van der Waals surface area contributed by atoms with E-state index >= 15 is 0 Å². The first kappa shape index (κ1) is 9.90. The van der Waals surface area contributed by atoms with Gasteiger partial charge in [-0.15, -0.1) is 0 Å². The first-order chi connectivity index (χ1) is 5.95. The van der Waals surface area contributed by atoms with Crippen LogP contribution < -0.4 is 5.32 Å². The summed E-state index contributed by atoms with van der Waals surface area (Å²) >= 11 is 0. The number of carboxylic acids is 1. The zero-order chi connectivity index (χ0) is 10.2. The molecule has 0 saturated carbocycles. The van der Waals surface area contributed by atoms with Crippen molar-refractivity contribution < 1.29 is 30.0 Å². The summed E-state index contributed by atoms with van der Waals surface area (Å²) in [7, 11) is 0. The van der Waals surface area contributed by atoms with Crippen LogP contribution in [0.5, 0.6) is 0 Å². The van der Waals surface area contributed by atoms with E-state index in [0.717, 1.165) is 0 Å². The summed E-state index contributed by atoms with van der Waals surface area (Å²) in [4.78, 5) is 21.2. The number of piperidine rings is 1. The van der Waals surface area contributed by atoms with Gasteiger partial charge in [0, 0.05) is 0 Å². The third-order valence-electron chi connectivity index (χ3n) is 1.85. The van der Waals surface area contributed by atoms with E-state index in [1.165, 1.54) is 0 Å². The van der Waals surface area contributed by atoms with Gasteiger partial charge in [-0.1, -0.05) is 0 Å². The fraction of sp³-hybridized carbons (Fsp3) is 0.667. The van der Waals surface area contributed by atoms with Crippen molar-refractivity contribution in [3.8, 4) is 0 Å². The van der Waals surface area contributed by atoms with Crippen LogP contribution >= 0.6 is 0 Å². The van der Waals surface area contributed by atoms with Crippen LogP contribution in [0.15, 0.2) is 0 Å². The number of aliphatic hydroxyl groups is 3. The molecule has 1 fully saturated rings. The summed E-state index contributed by atoms with van der Waals surface area (Å²) in [5.41, 5.74) is 0. The molecule has 1 aliphatic heterocycles. The Bertz CT molecular complexity index is 241. The second-order valence-electron chi connectivity index (χ2n) is 2.75. The van der Waals surface area contributed by atoms with Gasteiger partial charge in [0.15, 0.2) is 12.1 Å². The SMILES string of the molecule is O=C1N[C@@H](C(=O)O)[C@H](O)[C@H](O)[C@H]1O. The highest BCUT2D eigenvalue weighted by Crippen LogP contribution is 2.11. The number of carboxylic acid groups (broad SMARTS) is 1. The Morgan fingerprint density at radius 3 is 2.23 bits per heavy atom. The second-order valence-corrected chi connectivity index (χ2v) is 2.75. The number of amides is 1. The van der Waals surface area contributed by atoms with E-state index < -0.39 is 36.2 Å². The van der Waals surface area contributed by atoms with Crippen LogP contribution in [0.25, 0.3) is 0 Å². The lowest BCUT2D eigenvalue weighted by atomic mass is 9.96. The smallest absolute Gasteiger partial charge is 0.329 e. The normalized spacial score (nSPS) is 39.8. The Balaban J connectivity index is 2.82. The fourth-order valence-corrected chi connectivity index (χ4v) is 1.07. The van der Waals surface area contributed by atoms with Crippen molar-refractivity contribution in [3.63, 3.8) is 0 Å². The average Bonchev–Trinajstić information content (AvgIpc) is 2.07. The van der Waals surface area contributed by atoms with Gasteiger partial charge < -0.3 is 25.7 Å². The minimum Gasteiger partial charge on any atom is -0.480 e. The van der Waals surface area contributed by atoms with Gasteiger partial charge in [-0.3, -0.25) is 4.79 Å². The third-order valence-corrected chi connectivity index (χ3v) is 1.85. The molecule has 7 heteroatoms. The van der Waals surface area contributed by atoms with Gasteiger partial charge in [0.1, 0.15) is 12.2 Å². The Hall–Kier alpha value is -1.18. The molecule has 5 N–H and O–H groups in total. The van der Waals surface area contributed by atoms with Crippen LogP contribution in [0, 0.1) is 0 Å². The van der Waals surface area contributed by atoms with Gasteiger partial charge in [-0.25, -0.2) is 4.79 Å². The molecule has 1 saturated heterocycles. The summed E-state index contributed by atoms with van der Waals surface area (Å²) in [6, 6.07) is -1.58. The van der Waals surface area contributed by atoms with Crippen molar-refractivity contribution in [2.24, 2.45) is 0 Å². The summed E-state index contributed by atoms with van der Waals surface area (Å²) in [5, 5.41) is 37.3. The summed E-state index contributed by atoms with van der Waals surface area (Å²) in [5.74, 6) is -2.47. The van der Waals surface area contributed by atoms with E-state index in [0.29, 0.717) is 0 Å². The lowest BCUT2D eigenvalue weighted by molar-refractivity contribution is -0.165. The number of carbonyl (C=O) groups is 2. The molecule has 0 unspecified atom stereocenters.